The maximum Gasteiger partial charge on any atom is 0.224 e. The molecule has 1 amide bonds. The molecule has 0 spiro atoms. The van der Waals surface area contributed by atoms with Gasteiger partial charge in [-0.1, -0.05) is 13.3 Å². The molecule has 22 heavy (non-hydrogen) atoms. The molecule has 1 aromatic carbocycles. The third-order valence-electron chi connectivity index (χ3n) is 3.71. The Kier molecular flexibility index (Phi) is 5.83. The van der Waals surface area contributed by atoms with Crippen molar-refractivity contribution in [2.75, 3.05) is 23.4 Å². The van der Waals surface area contributed by atoms with Gasteiger partial charge in [0.15, 0.2) is 9.84 Å². The van der Waals surface area contributed by atoms with Gasteiger partial charge in [0.2, 0.25) is 5.91 Å². The number of unbranched alkanes of at least 4 members (excludes halogenated alkanes) is 1. The van der Waals surface area contributed by atoms with Gasteiger partial charge in [-0.05, 0) is 43.0 Å². The highest BCUT2D eigenvalue weighted by atomic mass is 32.2. The van der Waals surface area contributed by atoms with Crippen LogP contribution < -0.4 is 10.1 Å². The fourth-order valence-corrected chi connectivity index (χ4v) is 4.34. The highest BCUT2D eigenvalue weighted by Crippen LogP contribution is 2.22. The smallest absolute Gasteiger partial charge is 0.224 e. The minimum Gasteiger partial charge on any atom is -0.494 e. The maximum atomic E-state index is 11.9. The lowest BCUT2D eigenvalue weighted by atomic mass is 10.1. The lowest BCUT2D eigenvalue weighted by Gasteiger charge is -2.10. The summed E-state index contributed by atoms with van der Waals surface area (Å²) in [6.07, 6.45) is 2.95. The Bertz CT molecular complexity index is 595. The van der Waals surface area contributed by atoms with Gasteiger partial charge in [-0.15, -0.1) is 0 Å². The molecule has 1 heterocycles. The van der Waals surface area contributed by atoms with E-state index in [2.05, 4.69) is 12.2 Å². The molecule has 122 valence electrons. The van der Waals surface area contributed by atoms with Crippen molar-refractivity contribution in [3.05, 3.63) is 24.3 Å². The fourth-order valence-electron chi connectivity index (χ4n) is 2.48. The molecule has 1 saturated heterocycles. The summed E-state index contributed by atoms with van der Waals surface area (Å²) in [4.78, 5) is 11.9. The van der Waals surface area contributed by atoms with Gasteiger partial charge in [-0.2, -0.15) is 0 Å². The minimum absolute atomic E-state index is 0.0540. The van der Waals surface area contributed by atoms with E-state index >= 15 is 0 Å². The second kappa shape index (κ2) is 7.63. The van der Waals surface area contributed by atoms with Gasteiger partial charge in [0, 0.05) is 12.1 Å². The largest absolute Gasteiger partial charge is 0.494 e. The van der Waals surface area contributed by atoms with Crippen LogP contribution in [0.4, 0.5) is 5.69 Å². The van der Waals surface area contributed by atoms with Crippen LogP contribution in [0.5, 0.6) is 5.75 Å². The number of anilines is 1. The number of amides is 1. The number of hydrogen-bond donors (Lipinski definition) is 1. The number of benzene rings is 1. The molecule has 0 aliphatic carbocycles. The molecule has 1 aliphatic heterocycles. The predicted octanol–water partition coefficient (Wildman–Crippen LogP) is 2.63. The summed E-state index contributed by atoms with van der Waals surface area (Å²) in [5.41, 5.74) is 0.702. The van der Waals surface area contributed by atoms with Crippen molar-refractivity contribution >= 4 is 21.4 Å². The highest BCUT2D eigenvalue weighted by Gasteiger charge is 2.29. The van der Waals surface area contributed by atoms with Gasteiger partial charge >= 0.3 is 0 Å². The van der Waals surface area contributed by atoms with E-state index in [4.69, 9.17) is 4.74 Å². The van der Waals surface area contributed by atoms with Crippen molar-refractivity contribution in [1.29, 1.82) is 0 Å². The van der Waals surface area contributed by atoms with Gasteiger partial charge < -0.3 is 10.1 Å². The number of carbonyl (C=O) groups is 1. The van der Waals surface area contributed by atoms with Crippen molar-refractivity contribution in [2.45, 2.75) is 32.6 Å². The summed E-state index contributed by atoms with van der Waals surface area (Å²) >= 11 is 0. The van der Waals surface area contributed by atoms with E-state index < -0.39 is 9.84 Å². The summed E-state index contributed by atoms with van der Waals surface area (Å²) in [5, 5.41) is 2.80. The fraction of sp³-hybridized carbons (Fsp3) is 0.562. The Hall–Kier alpha value is -1.56. The standard InChI is InChI=1S/C16H23NO4S/c1-2-3-9-21-15-6-4-14(5-7-15)17-16(18)11-13-8-10-22(19,20)12-13/h4-7,13H,2-3,8-12H2,1H3,(H,17,18). The van der Waals surface area contributed by atoms with E-state index in [1.54, 1.807) is 12.1 Å². The molecule has 6 heteroatoms. The first-order valence-corrected chi connectivity index (χ1v) is 9.54. The molecule has 1 aromatic rings. The average molecular weight is 325 g/mol. The van der Waals surface area contributed by atoms with E-state index in [1.165, 1.54) is 0 Å². The monoisotopic (exact) mass is 325 g/mol. The molecule has 0 aromatic heterocycles. The van der Waals surface area contributed by atoms with Crippen LogP contribution in [0.25, 0.3) is 0 Å². The second-order valence-corrected chi connectivity index (χ2v) is 7.98. The zero-order valence-corrected chi connectivity index (χ0v) is 13.7. The van der Waals surface area contributed by atoms with Crippen LogP contribution in [0.2, 0.25) is 0 Å². The average Bonchev–Trinajstić information content (AvgIpc) is 2.80. The molecule has 1 atom stereocenters. The van der Waals surface area contributed by atoms with Crippen molar-refractivity contribution in [2.24, 2.45) is 5.92 Å². The Morgan fingerprint density at radius 1 is 1.32 bits per heavy atom. The Balaban J connectivity index is 1.79. The minimum atomic E-state index is -2.93. The zero-order chi connectivity index (χ0) is 16.0. The first-order valence-electron chi connectivity index (χ1n) is 7.71. The first-order chi connectivity index (χ1) is 10.5. The summed E-state index contributed by atoms with van der Waals surface area (Å²) in [6, 6.07) is 7.24. The lowest BCUT2D eigenvalue weighted by Crippen LogP contribution is -2.17. The van der Waals surface area contributed by atoms with Crippen molar-refractivity contribution in [3.8, 4) is 5.75 Å². The number of ether oxygens (including phenoxy) is 1. The molecule has 0 bridgehead atoms. The molecule has 1 fully saturated rings. The number of hydrogen-bond acceptors (Lipinski definition) is 4. The number of nitrogens with one attached hydrogen (secondary N) is 1. The SMILES string of the molecule is CCCCOc1ccc(NC(=O)CC2CCS(=O)(=O)C2)cc1. The molecule has 1 unspecified atom stereocenters. The van der Waals surface area contributed by atoms with E-state index in [-0.39, 0.29) is 29.8 Å². The second-order valence-electron chi connectivity index (χ2n) is 5.75. The van der Waals surface area contributed by atoms with Crippen molar-refractivity contribution < 1.29 is 17.9 Å². The van der Waals surface area contributed by atoms with E-state index in [9.17, 15) is 13.2 Å². The van der Waals surface area contributed by atoms with Gasteiger partial charge in [-0.25, -0.2) is 8.42 Å². The van der Waals surface area contributed by atoms with Crippen molar-refractivity contribution in [1.82, 2.24) is 0 Å². The molecule has 5 nitrogen and oxygen atoms in total. The van der Waals surface area contributed by atoms with Gasteiger partial charge in [0.1, 0.15) is 5.75 Å². The summed E-state index contributed by atoms with van der Waals surface area (Å²) in [7, 11) is -2.93. The summed E-state index contributed by atoms with van der Waals surface area (Å²) < 4.78 is 28.3. The maximum absolute atomic E-state index is 11.9. The number of carbonyl (C=O) groups excluding carboxylic acids is 1. The first kappa shape index (κ1) is 16.8. The molecule has 0 saturated carbocycles. The molecular weight excluding hydrogens is 302 g/mol. The van der Waals surface area contributed by atoms with Crippen LogP contribution >= 0.6 is 0 Å². The summed E-state index contributed by atoms with van der Waals surface area (Å²) in [6.45, 7) is 2.80. The van der Waals surface area contributed by atoms with E-state index in [0.29, 0.717) is 18.7 Å². The zero-order valence-electron chi connectivity index (χ0n) is 12.9. The summed E-state index contributed by atoms with van der Waals surface area (Å²) in [5.74, 6) is 0.927. The number of sulfone groups is 1. The van der Waals surface area contributed by atoms with Crippen LogP contribution in [0.1, 0.15) is 32.6 Å². The van der Waals surface area contributed by atoms with Gasteiger partial charge in [0.25, 0.3) is 0 Å². The number of rotatable bonds is 7. The lowest BCUT2D eigenvalue weighted by molar-refractivity contribution is -0.116. The third kappa shape index (κ3) is 5.33. The van der Waals surface area contributed by atoms with Crippen LogP contribution in [0.3, 0.4) is 0 Å². The Morgan fingerprint density at radius 2 is 2.05 bits per heavy atom. The molecule has 1 N–H and O–H groups in total. The topological polar surface area (TPSA) is 72.5 Å². The van der Waals surface area contributed by atoms with Crippen molar-refractivity contribution in [3.63, 3.8) is 0 Å². The van der Waals surface area contributed by atoms with Crippen LogP contribution in [-0.4, -0.2) is 32.4 Å². The normalized spacial score (nSPS) is 19.8. The third-order valence-corrected chi connectivity index (χ3v) is 5.54. The molecule has 0 radical (unpaired) electrons. The Labute approximate surface area is 132 Å². The quantitative estimate of drug-likeness (QED) is 0.782. The van der Waals surface area contributed by atoms with Gasteiger partial charge in [0.05, 0.1) is 18.1 Å². The molecule has 2 rings (SSSR count). The van der Waals surface area contributed by atoms with Crippen LogP contribution in [0, 0.1) is 5.92 Å². The van der Waals surface area contributed by atoms with E-state index in [1.807, 2.05) is 12.1 Å². The predicted molar refractivity (Wildman–Crippen MR) is 86.9 cm³/mol. The van der Waals surface area contributed by atoms with Crippen LogP contribution in [-0.2, 0) is 14.6 Å². The highest BCUT2D eigenvalue weighted by molar-refractivity contribution is 7.91. The molecular formula is C16H23NO4S. The Morgan fingerprint density at radius 3 is 2.64 bits per heavy atom. The molecule has 1 aliphatic rings. The van der Waals surface area contributed by atoms with Crippen LogP contribution in [0.15, 0.2) is 24.3 Å². The van der Waals surface area contributed by atoms with Gasteiger partial charge in [-0.3, -0.25) is 4.79 Å². The van der Waals surface area contributed by atoms with E-state index in [0.717, 1.165) is 18.6 Å².